The molecule has 2 amide bonds. The van der Waals surface area contributed by atoms with Gasteiger partial charge in [-0.3, -0.25) is 14.6 Å². The SMILES string of the molecule is NC(=O)c1cc2cc(F)ccc2nc1C1CCN(C(=O)C2CCS(=O)(=O)C2)CC1. The molecule has 0 bridgehead atoms. The number of carbonyl (C=O) groups excluding carboxylic acids is 2. The van der Waals surface area contributed by atoms with Crippen molar-refractivity contribution in [1.29, 1.82) is 0 Å². The molecule has 1 aromatic heterocycles. The highest BCUT2D eigenvalue weighted by Gasteiger charge is 2.37. The third-order valence-corrected chi connectivity index (χ3v) is 7.61. The molecule has 0 saturated carbocycles. The van der Waals surface area contributed by atoms with Crippen LogP contribution in [-0.4, -0.2) is 54.7 Å². The van der Waals surface area contributed by atoms with E-state index in [9.17, 15) is 22.4 Å². The third-order valence-electron chi connectivity index (χ3n) is 5.85. The van der Waals surface area contributed by atoms with E-state index >= 15 is 0 Å². The molecule has 9 heteroatoms. The lowest BCUT2D eigenvalue weighted by atomic mass is 9.89. The molecule has 2 aliphatic heterocycles. The molecule has 3 heterocycles. The number of aromatic nitrogens is 1. The van der Waals surface area contributed by atoms with Gasteiger partial charge in [-0.1, -0.05) is 0 Å². The Morgan fingerprint density at radius 1 is 1.14 bits per heavy atom. The number of sulfone groups is 1. The first-order chi connectivity index (χ1) is 13.7. The number of halogens is 1. The first-order valence-corrected chi connectivity index (χ1v) is 11.4. The number of pyridine rings is 1. The molecule has 2 fully saturated rings. The second kappa shape index (κ2) is 7.37. The van der Waals surface area contributed by atoms with Crippen molar-refractivity contribution in [2.24, 2.45) is 11.7 Å². The summed E-state index contributed by atoms with van der Waals surface area (Å²) < 4.78 is 36.8. The van der Waals surface area contributed by atoms with Crippen molar-refractivity contribution < 1.29 is 22.4 Å². The summed E-state index contributed by atoms with van der Waals surface area (Å²) in [7, 11) is -3.11. The van der Waals surface area contributed by atoms with Crippen molar-refractivity contribution in [2.75, 3.05) is 24.6 Å². The van der Waals surface area contributed by atoms with Gasteiger partial charge >= 0.3 is 0 Å². The standard InChI is InChI=1S/C20H22FN3O4S/c21-15-1-2-17-14(9-15)10-16(19(22)25)18(23-17)12-3-6-24(7-4-12)20(26)13-5-8-29(27,28)11-13/h1-2,9-10,12-13H,3-8,11H2,(H2,22,25). The van der Waals surface area contributed by atoms with Crippen molar-refractivity contribution in [3.05, 3.63) is 41.3 Å². The number of nitrogens with two attached hydrogens (primary N) is 1. The number of likely N-dealkylation sites (tertiary alicyclic amines) is 1. The number of benzene rings is 1. The summed E-state index contributed by atoms with van der Waals surface area (Å²) in [5.41, 5.74) is 6.97. The molecule has 0 aliphatic carbocycles. The van der Waals surface area contributed by atoms with Crippen LogP contribution in [0, 0.1) is 11.7 Å². The predicted octanol–water partition coefficient (Wildman–Crippen LogP) is 1.61. The molecule has 29 heavy (non-hydrogen) atoms. The Morgan fingerprint density at radius 2 is 1.86 bits per heavy atom. The summed E-state index contributed by atoms with van der Waals surface area (Å²) in [5.74, 6) is -1.64. The first-order valence-electron chi connectivity index (χ1n) is 9.63. The minimum absolute atomic E-state index is 0.0525. The van der Waals surface area contributed by atoms with Gasteiger partial charge in [-0.15, -0.1) is 0 Å². The maximum Gasteiger partial charge on any atom is 0.250 e. The molecule has 2 saturated heterocycles. The minimum Gasteiger partial charge on any atom is -0.366 e. The van der Waals surface area contributed by atoms with Crippen LogP contribution in [0.4, 0.5) is 4.39 Å². The maximum atomic E-state index is 13.5. The summed E-state index contributed by atoms with van der Waals surface area (Å²) in [4.78, 5) is 30.9. The number of carbonyl (C=O) groups is 2. The van der Waals surface area contributed by atoms with Crippen molar-refractivity contribution >= 4 is 32.6 Å². The predicted molar refractivity (Wildman–Crippen MR) is 106 cm³/mol. The van der Waals surface area contributed by atoms with Gasteiger partial charge in [0.1, 0.15) is 5.82 Å². The molecule has 154 valence electrons. The average Bonchev–Trinajstić information content (AvgIpc) is 3.06. The van der Waals surface area contributed by atoms with E-state index in [2.05, 4.69) is 4.98 Å². The number of piperidine rings is 1. The van der Waals surface area contributed by atoms with Gasteiger partial charge < -0.3 is 10.6 Å². The number of primary amides is 1. The Hall–Kier alpha value is -2.55. The summed E-state index contributed by atoms with van der Waals surface area (Å²) in [6, 6.07) is 5.78. The Balaban J connectivity index is 1.53. The molecule has 0 spiro atoms. The van der Waals surface area contributed by atoms with Gasteiger partial charge in [-0.2, -0.15) is 0 Å². The fraction of sp³-hybridized carbons (Fsp3) is 0.450. The van der Waals surface area contributed by atoms with Crippen molar-refractivity contribution in [2.45, 2.75) is 25.2 Å². The second-order valence-electron chi connectivity index (χ2n) is 7.82. The molecule has 2 aromatic rings. The van der Waals surface area contributed by atoms with Crippen LogP contribution in [0.25, 0.3) is 10.9 Å². The number of hydrogen-bond donors (Lipinski definition) is 1. The maximum absolute atomic E-state index is 13.5. The summed E-state index contributed by atoms with van der Waals surface area (Å²) in [5, 5.41) is 0.512. The number of hydrogen-bond acceptors (Lipinski definition) is 5. The average molecular weight is 419 g/mol. The van der Waals surface area contributed by atoms with E-state index in [0.29, 0.717) is 48.9 Å². The minimum atomic E-state index is -3.11. The quantitative estimate of drug-likeness (QED) is 0.813. The molecular formula is C20H22FN3O4S. The van der Waals surface area contributed by atoms with E-state index in [4.69, 9.17) is 5.73 Å². The normalized spacial score (nSPS) is 22.1. The van der Waals surface area contributed by atoms with Gasteiger partial charge in [-0.05, 0) is 43.5 Å². The molecule has 2 aliphatic rings. The lowest BCUT2D eigenvalue weighted by Crippen LogP contribution is -2.42. The molecular weight excluding hydrogens is 397 g/mol. The number of nitrogens with zero attached hydrogens (tertiary/aromatic N) is 2. The van der Waals surface area contributed by atoms with E-state index < -0.39 is 27.5 Å². The molecule has 0 radical (unpaired) electrons. The number of amides is 2. The highest BCUT2D eigenvalue weighted by Crippen LogP contribution is 2.32. The van der Waals surface area contributed by atoms with E-state index in [1.807, 2.05) is 0 Å². The Morgan fingerprint density at radius 3 is 2.48 bits per heavy atom. The Bertz CT molecular complexity index is 1090. The zero-order chi connectivity index (χ0) is 20.8. The van der Waals surface area contributed by atoms with Crippen LogP contribution in [-0.2, 0) is 14.6 Å². The molecule has 1 aromatic carbocycles. The Kier molecular flexibility index (Phi) is 5.02. The monoisotopic (exact) mass is 419 g/mol. The van der Waals surface area contributed by atoms with Gasteiger partial charge in [0, 0.05) is 24.4 Å². The smallest absolute Gasteiger partial charge is 0.250 e. The number of rotatable bonds is 3. The van der Waals surface area contributed by atoms with Gasteiger partial charge in [0.25, 0.3) is 5.91 Å². The topological polar surface area (TPSA) is 110 Å². The van der Waals surface area contributed by atoms with E-state index in [0.717, 1.165) is 0 Å². The number of fused-ring (bicyclic) bond motifs is 1. The van der Waals surface area contributed by atoms with Gasteiger partial charge in [0.05, 0.1) is 34.2 Å². The van der Waals surface area contributed by atoms with Crippen molar-refractivity contribution in [1.82, 2.24) is 9.88 Å². The highest BCUT2D eigenvalue weighted by atomic mass is 32.2. The molecule has 4 rings (SSSR count). The molecule has 1 atom stereocenters. The van der Waals surface area contributed by atoms with Crippen LogP contribution in [0.3, 0.4) is 0 Å². The summed E-state index contributed by atoms with van der Waals surface area (Å²) in [6.45, 7) is 0.947. The highest BCUT2D eigenvalue weighted by molar-refractivity contribution is 7.91. The third kappa shape index (κ3) is 3.96. The molecule has 1 unspecified atom stereocenters. The second-order valence-corrected chi connectivity index (χ2v) is 10.1. The lowest BCUT2D eigenvalue weighted by Gasteiger charge is -2.33. The molecule has 2 N–H and O–H groups in total. The van der Waals surface area contributed by atoms with Crippen LogP contribution in [0.1, 0.15) is 41.2 Å². The zero-order valence-electron chi connectivity index (χ0n) is 15.8. The first kappa shape index (κ1) is 19.8. The lowest BCUT2D eigenvalue weighted by molar-refractivity contribution is -0.135. The van der Waals surface area contributed by atoms with E-state index in [1.54, 1.807) is 17.0 Å². The Labute approximate surface area is 168 Å². The van der Waals surface area contributed by atoms with Crippen LogP contribution in [0.15, 0.2) is 24.3 Å². The van der Waals surface area contributed by atoms with Gasteiger partial charge in [0.2, 0.25) is 5.91 Å². The van der Waals surface area contributed by atoms with Crippen LogP contribution >= 0.6 is 0 Å². The van der Waals surface area contributed by atoms with Crippen LogP contribution in [0.2, 0.25) is 0 Å². The summed E-state index contributed by atoms with van der Waals surface area (Å²) in [6.07, 6.45) is 1.59. The zero-order valence-corrected chi connectivity index (χ0v) is 16.6. The summed E-state index contributed by atoms with van der Waals surface area (Å²) >= 11 is 0. The fourth-order valence-electron chi connectivity index (χ4n) is 4.29. The van der Waals surface area contributed by atoms with Crippen molar-refractivity contribution in [3.8, 4) is 0 Å². The fourth-order valence-corrected chi connectivity index (χ4v) is 6.02. The molecule has 7 nitrogen and oxygen atoms in total. The van der Waals surface area contributed by atoms with Crippen LogP contribution < -0.4 is 5.73 Å². The van der Waals surface area contributed by atoms with Gasteiger partial charge in [-0.25, -0.2) is 12.8 Å². The van der Waals surface area contributed by atoms with Crippen LogP contribution in [0.5, 0.6) is 0 Å². The largest absolute Gasteiger partial charge is 0.366 e. The van der Waals surface area contributed by atoms with E-state index in [1.165, 1.54) is 12.1 Å². The van der Waals surface area contributed by atoms with E-state index in [-0.39, 0.29) is 28.9 Å². The van der Waals surface area contributed by atoms with Crippen molar-refractivity contribution in [3.63, 3.8) is 0 Å². The van der Waals surface area contributed by atoms with Gasteiger partial charge in [0.15, 0.2) is 9.84 Å².